The molecule has 0 spiro atoms. The molecule has 1 aliphatic heterocycles. The number of likely N-dealkylation sites (N-methyl/N-ethyl adjacent to an activating group) is 1. The Hall–Kier alpha value is -1.33. The number of hydrogen-bond acceptors (Lipinski definition) is 4. The van der Waals surface area contributed by atoms with Crippen LogP contribution < -0.4 is 5.32 Å². The molecule has 1 saturated heterocycles. The molecule has 1 atom stereocenters. The second-order valence-electron chi connectivity index (χ2n) is 5.56. The SMILES string of the molecule is CCCNc1cc(C(=O)N2CCN(C)C(C)C2)c(Cl)cn1. The molecule has 2 rings (SSSR count). The number of carbonyl (C=O) groups is 1. The lowest BCUT2D eigenvalue weighted by Crippen LogP contribution is -2.52. The molecule has 1 N–H and O–H groups in total. The highest BCUT2D eigenvalue weighted by molar-refractivity contribution is 6.33. The summed E-state index contributed by atoms with van der Waals surface area (Å²) in [6, 6.07) is 2.12. The first-order valence-electron chi connectivity index (χ1n) is 7.41. The van der Waals surface area contributed by atoms with Crippen LogP contribution in [0.3, 0.4) is 0 Å². The molecule has 2 heterocycles. The van der Waals surface area contributed by atoms with Gasteiger partial charge in [0.1, 0.15) is 5.82 Å². The van der Waals surface area contributed by atoms with Gasteiger partial charge < -0.3 is 15.1 Å². The number of pyridine rings is 1. The second-order valence-corrected chi connectivity index (χ2v) is 5.96. The summed E-state index contributed by atoms with van der Waals surface area (Å²) in [4.78, 5) is 21.0. The lowest BCUT2D eigenvalue weighted by Gasteiger charge is -2.37. The van der Waals surface area contributed by atoms with E-state index in [1.807, 2.05) is 4.90 Å². The molecule has 21 heavy (non-hydrogen) atoms. The monoisotopic (exact) mass is 310 g/mol. The molecule has 0 radical (unpaired) electrons. The van der Waals surface area contributed by atoms with Gasteiger partial charge >= 0.3 is 0 Å². The van der Waals surface area contributed by atoms with Gasteiger partial charge in [-0.15, -0.1) is 0 Å². The highest BCUT2D eigenvalue weighted by atomic mass is 35.5. The van der Waals surface area contributed by atoms with Crippen molar-refractivity contribution in [3.8, 4) is 0 Å². The molecule has 1 amide bonds. The molecule has 1 aliphatic rings. The number of halogens is 1. The maximum absolute atomic E-state index is 12.7. The molecule has 0 saturated carbocycles. The van der Waals surface area contributed by atoms with Crippen molar-refractivity contribution in [1.29, 1.82) is 0 Å². The fraction of sp³-hybridized carbons (Fsp3) is 0.600. The third-order valence-corrected chi connectivity index (χ3v) is 4.19. The van der Waals surface area contributed by atoms with E-state index in [1.165, 1.54) is 0 Å². The smallest absolute Gasteiger partial charge is 0.255 e. The average molecular weight is 311 g/mol. The summed E-state index contributed by atoms with van der Waals surface area (Å²) < 4.78 is 0. The first-order valence-corrected chi connectivity index (χ1v) is 7.79. The van der Waals surface area contributed by atoms with Crippen LogP contribution in [0, 0.1) is 0 Å². The number of aromatic nitrogens is 1. The molecule has 5 nitrogen and oxygen atoms in total. The summed E-state index contributed by atoms with van der Waals surface area (Å²) in [6.07, 6.45) is 2.55. The molecular weight excluding hydrogens is 288 g/mol. The van der Waals surface area contributed by atoms with Gasteiger partial charge in [0.05, 0.1) is 10.6 Å². The van der Waals surface area contributed by atoms with E-state index < -0.39 is 0 Å². The van der Waals surface area contributed by atoms with E-state index in [-0.39, 0.29) is 5.91 Å². The zero-order valence-electron chi connectivity index (χ0n) is 12.9. The molecule has 116 valence electrons. The molecule has 0 aromatic carbocycles. The molecule has 1 unspecified atom stereocenters. The van der Waals surface area contributed by atoms with Crippen molar-refractivity contribution in [3.05, 3.63) is 22.8 Å². The van der Waals surface area contributed by atoms with Crippen LogP contribution in [0.25, 0.3) is 0 Å². The van der Waals surface area contributed by atoms with Crippen LogP contribution in [-0.2, 0) is 0 Å². The third kappa shape index (κ3) is 3.86. The van der Waals surface area contributed by atoms with Gasteiger partial charge in [-0.2, -0.15) is 0 Å². The number of hydrogen-bond donors (Lipinski definition) is 1. The van der Waals surface area contributed by atoms with E-state index >= 15 is 0 Å². The third-order valence-electron chi connectivity index (χ3n) is 3.89. The maximum atomic E-state index is 12.7. The Morgan fingerprint density at radius 3 is 2.95 bits per heavy atom. The summed E-state index contributed by atoms with van der Waals surface area (Å²) in [7, 11) is 2.08. The van der Waals surface area contributed by atoms with Crippen LogP contribution >= 0.6 is 11.6 Å². The van der Waals surface area contributed by atoms with Crippen LogP contribution in [-0.4, -0.2) is 60.0 Å². The van der Waals surface area contributed by atoms with Crippen molar-refractivity contribution in [3.63, 3.8) is 0 Å². The Bertz CT molecular complexity index is 508. The fourth-order valence-corrected chi connectivity index (χ4v) is 2.54. The molecule has 1 fully saturated rings. The van der Waals surface area contributed by atoms with E-state index in [1.54, 1.807) is 12.3 Å². The van der Waals surface area contributed by atoms with Crippen molar-refractivity contribution in [2.45, 2.75) is 26.3 Å². The summed E-state index contributed by atoms with van der Waals surface area (Å²) in [5.74, 6) is 0.689. The first-order chi connectivity index (χ1) is 10.0. The van der Waals surface area contributed by atoms with Gasteiger partial charge in [0.2, 0.25) is 0 Å². The largest absolute Gasteiger partial charge is 0.370 e. The lowest BCUT2D eigenvalue weighted by atomic mass is 10.1. The van der Waals surface area contributed by atoms with E-state index in [2.05, 4.69) is 36.1 Å². The normalized spacial score (nSPS) is 19.6. The maximum Gasteiger partial charge on any atom is 0.255 e. The minimum Gasteiger partial charge on any atom is -0.370 e. The van der Waals surface area contributed by atoms with Crippen molar-refractivity contribution in [2.24, 2.45) is 0 Å². The topological polar surface area (TPSA) is 48.5 Å². The van der Waals surface area contributed by atoms with E-state index in [0.717, 1.165) is 32.6 Å². The zero-order chi connectivity index (χ0) is 15.4. The number of nitrogens with one attached hydrogen (secondary N) is 1. The summed E-state index contributed by atoms with van der Waals surface area (Å²) in [5.41, 5.74) is 0.530. The molecule has 6 heteroatoms. The zero-order valence-corrected chi connectivity index (χ0v) is 13.7. The fourth-order valence-electron chi connectivity index (χ4n) is 2.36. The predicted molar refractivity (Wildman–Crippen MR) is 86.0 cm³/mol. The lowest BCUT2D eigenvalue weighted by molar-refractivity contribution is 0.0572. The first kappa shape index (κ1) is 16.0. The van der Waals surface area contributed by atoms with Gasteiger partial charge in [0.25, 0.3) is 5.91 Å². The van der Waals surface area contributed by atoms with Crippen molar-refractivity contribution >= 4 is 23.3 Å². The van der Waals surface area contributed by atoms with Crippen LogP contribution in [0.2, 0.25) is 5.02 Å². The minimum absolute atomic E-state index is 0.0121. The molecule has 1 aromatic rings. The molecular formula is C15H23ClN4O. The Kier molecular flexibility index (Phi) is 5.42. The number of carbonyl (C=O) groups excluding carboxylic acids is 1. The number of anilines is 1. The Morgan fingerprint density at radius 1 is 1.52 bits per heavy atom. The number of amides is 1. The van der Waals surface area contributed by atoms with E-state index in [0.29, 0.717) is 22.4 Å². The van der Waals surface area contributed by atoms with Gasteiger partial charge in [-0.1, -0.05) is 18.5 Å². The summed E-state index contributed by atoms with van der Waals surface area (Å²) >= 11 is 6.16. The van der Waals surface area contributed by atoms with Gasteiger partial charge in [-0.3, -0.25) is 4.79 Å². The number of rotatable bonds is 4. The van der Waals surface area contributed by atoms with Crippen molar-refractivity contribution in [1.82, 2.24) is 14.8 Å². The quantitative estimate of drug-likeness (QED) is 0.927. The standard InChI is InChI=1S/C15H23ClN4O/c1-4-5-17-14-8-12(13(16)9-18-14)15(21)20-7-6-19(3)11(2)10-20/h8-9,11H,4-7,10H2,1-3H3,(H,17,18). The molecule has 0 bridgehead atoms. The van der Waals surface area contributed by atoms with Gasteiger partial charge in [0.15, 0.2) is 0 Å². The van der Waals surface area contributed by atoms with Gasteiger partial charge in [0, 0.05) is 38.4 Å². The van der Waals surface area contributed by atoms with Gasteiger partial charge in [-0.25, -0.2) is 4.98 Å². The average Bonchev–Trinajstić information content (AvgIpc) is 2.48. The van der Waals surface area contributed by atoms with E-state index in [9.17, 15) is 4.79 Å². The number of nitrogens with zero attached hydrogens (tertiary/aromatic N) is 3. The summed E-state index contributed by atoms with van der Waals surface area (Å²) in [6.45, 7) is 7.38. The molecule has 0 aliphatic carbocycles. The highest BCUT2D eigenvalue weighted by Crippen LogP contribution is 2.21. The van der Waals surface area contributed by atoms with Crippen molar-refractivity contribution < 1.29 is 4.79 Å². The predicted octanol–water partition coefficient (Wildman–Crippen LogP) is 2.33. The van der Waals surface area contributed by atoms with Crippen LogP contribution in [0.5, 0.6) is 0 Å². The van der Waals surface area contributed by atoms with Gasteiger partial charge in [-0.05, 0) is 26.5 Å². The Labute approximate surface area is 131 Å². The Morgan fingerprint density at radius 2 is 2.29 bits per heavy atom. The number of piperazine rings is 1. The van der Waals surface area contributed by atoms with Crippen LogP contribution in [0.15, 0.2) is 12.3 Å². The summed E-state index contributed by atoms with van der Waals surface area (Å²) in [5, 5.41) is 3.60. The van der Waals surface area contributed by atoms with Crippen molar-refractivity contribution in [2.75, 3.05) is 38.5 Å². The van der Waals surface area contributed by atoms with Crippen LogP contribution in [0.1, 0.15) is 30.6 Å². The molecule has 1 aromatic heterocycles. The second kappa shape index (κ2) is 7.09. The minimum atomic E-state index is -0.0121. The van der Waals surface area contributed by atoms with E-state index in [4.69, 9.17) is 11.6 Å². The highest BCUT2D eigenvalue weighted by Gasteiger charge is 2.26. The Balaban J connectivity index is 2.14. The van der Waals surface area contributed by atoms with Crippen LogP contribution in [0.4, 0.5) is 5.82 Å².